The van der Waals surface area contributed by atoms with Gasteiger partial charge in [0.2, 0.25) is 5.91 Å². The molecule has 11 heteroatoms. The molecule has 2 aromatic carbocycles. The van der Waals surface area contributed by atoms with E-state index in [0.29, 0.717) is 17.7 Å². The Morgan fingerprint density at radius 3 is 2.17 bits per heavy atom. The van der Waals surface area contributed by atoms with Crippen LogP contribution in [0.4, 0.5) is 11.4 Å². The molecule has 4 rings (SSSR count). The number of carbonyl (C=O) groups excluding carboxylic acids is 1. The van der Waals surface area contributed by atoms with Crippen molar-refractivity contribution in [2.75, 3.05) is 0 Å². The molecule has 0 radical (unpaired) electrons. The monoisotopic (exact) mass is 478 g/mol. The lowest BCUT2D eigenvalue weighted by Crippen LogP contribution is -2.32. The van der Waals surface area contributed by atoms with Crippen LogP contribution in [0, 0.1) is 26.1 Å². The summed E-state index contributed by atoms with van der Waals surface area (Å²) in [6, 6.07) is 11.6. The highest BCUT2D eigenvalue weighted by Crippen LogP contribution is 2.45. The number of nitrogens with zero attached hydrogens (tertiary/aromatic N) is 4. The van der Waals surface area contributed by atoms with E-state index in [1.165, 1.54) is 29.3 Å². The van der Waals surface area contributed by atoms with Gasteiger partial charge in [0.1, 0.15) is 0 Å². The van der Waals surface area contributed by atoms with E-state index >= 15 is 0 Å². The molecule has 1 aliphatic carbocycles. The van der Waals surface area contributed by atoms with Crippen molar-refractivity contribution in [3.63, 3.8) is 0 Å². The van der Waals surface area contributed by atoms with Crippen LogP contribution < -0.4 is 0 Å². The summed E-state index contributed by atoms with van der Waals surface area (Å²) in [5.74, 6) is -1.69. The summed E-state index contributed by atoms with van der Waals surface area (Å²) in [5.41, 5.74) is 2.97. The normalized spacial score (nSPS) is 20.3. The second kappa shape index (κ2) is 9.84. The molecule has 0 saturated heterocycles. The number of nitro groups is 2. The van der Waals surface area contributed by atoms with E-state index < -0.39 is 27.8 Å². The molecule has 1 N–H and O–H groups in total. The van der Waals surface area contributed by atoms with Gasteiger partial charge in [0.15, 0.2) is 0 Å². The Morgan fingerprint density at radius 1 is 1.00 bits per heavy atom. The Hall–Kier alpha value is -4.41. The number of allylic oxidation sites excluding steroid dienone is 1. The minimum atomic E-state index is -1.09. The number of carboxylic acid groups (broad SMARTS) is 1. The molecule has 1 heterocycles. The zero-order valence-corrected chi connectivity index (χ0v) is 18.6. The lowest BCUT2D eigenvalue weighted by atomic mass is 9.77. The SMILES string of the molecule is O=C(O)CCC(=O)N1N=C2/C(=C\c3ccc([N+](=O)[O-])cc3)CCC[C@H]2[C@H]1c1ccc([N+](=O)[O-])cc1. The average molecular weight is 478 g/mol. The molecule has 1 fully saturated rings. The molecule has 1 aliphatic heterocycles. The predicted octanol–water partition coefficient (Wildman–Crippen LogP) is 4.49. The molecule has 1 saturated carbocycles. The lowest BCUT2D eigenvalue weighted by molar-refractivity contribution is -0.385. The van der Waals surface area contributed by atoms with Crippen molar-refractivity contribution in [1.82, 2.24) is 5.01 Å². The highest BCUT2D eigenvalue weighted by atomic mass is 16.6. The number of carboxylic acids is 1. The Balaban J connectivity index is 1.69. The van der Waals surface area contributed by atoms with Crippen LogP contribution in [0.1, 0.15) is 49.3 Å². The van der Waals surface area contributed by atoms with Gasteiger partial charge in [-0.2, -0.15) is 5.10 Å². The number of hydrogen-bond donors (Lipinski definition) is 1. The van der Waals surface area contributed by atoms with Gasteiger partial charge < -0.3 is 5.11 Å². The number of hydrazone groups is 1. The summed E-state index contributed by atoms with van der Waals surface area (Å²) in [4.78, 5) is 45.0. The van der Waals surface area contributed by atoms with E-state index in [-0.39, 0.29) is 30.1 Å². The molecule has 2 aliphatic rings. The predicted molar refractivity (Wildman–Crippen MR) is 125 cm³/mol. The van der Waals surface area contributed by atoms with E-state index in [0.717, 1.165) is 24.0 Å². The number of non-ortho nitro benzene ring substituents is 2. The van der Waals surface area contributed by atoms with Crippen molar-refractivity contribution in [3.05, 3.63) is 85.5 Å². The maximum Gasteiger partial charge on any atom is 0.303 e. The van der Waals surface area contributed by atoms with Gasteiger partial charge in [-0.05, 0) is 54.2 Å². The Bertz CT molecular complexity index is 1240. The van der Waals surface area contributed by atoms with Crippen LogP contribution in [0.3, 0.4) is 0 Å². The first-order valence-electron chi connectivity index (χ1n) is 11.1. The third kappa shape index (κ3) is 5.08. The third-order valence-electron chi connectivity index (χ3n) is 6.20. The van der Waals surface area contributed by atoms with E-state index in [1.807, 2.05) is 6.08 Å². The number of amides is 1. The van der Waals surface area contributed by atoms with Gasteiger partial charge in [-0.15, -0.1) is 0 Å². The van der Waals surface area contributed by atoms with Gasteiger partial charge >= 0.3 is 5.97 Å². The van der Waals surface area contributed by atoms with Crippen LogP contribution in [-0.4, -0.2) is 37.6 Å². The van der Waals surface area contributed by atoms with Crippen LogP contribution in [0.25, 0.3) is 6.08 Å². The van der Waals surface area contributed by atoms with E-state index in [1.54, 1.807) is 24.3 Å². The second-order valence-corrected chi connectivity index (χ2v) is 8.43. The number of nitro benzene ring substituents is 2. The maximum atomic E-state index is 13.0. The molecule has 2 aromatic rings. The van der Waals surface area contributed by atoms with Crippen LogP contribution in [0.15, 0.2) is 59.2 Å². The standard InChI is InChI=1S/C24H22N4O7/c29-21(12-13-22(30)31)26-24(16-6-10-19(11-7-16)28(34)35)20-3-1-2-17(23(20)25-26)14-15-4-8-18(9-5-15)27(32)33/h4-11,14,20,24H,1-3,12-13H2,(H,30,31)/b17-14-/t20-,24-/m1/s1. The van der Waals surface area contributed by atoms with E-state index in [9.17, 15) is 29.8 Å². The zero-order valence-electron chi connectivity index (χ0n) is 18.6. The summed E-state index contributed by atoms with van der Waals surface area (Å²) >= 11 is 0. The zero-order chi connectivity index (χ0) is 25.1. The molecule has 0 bridgehead atoms. The first kappa shape index (κ1) is 23.7. The fourth-order valence-corrected chi connectivity index (χ4v) is 4.56. The van der Waals surface area contributed by atoms with Crippen LogP contribution in [-0.2, 0) is 9.59 Å². The summed E-state index contributed by atoms with van der Waals surface area (Å²) in [6.07, 6.45) is 3.61. The maximum absolute atomic E-state index is 13.0. The summed E-state index contributed by atoms with van der Waals surface area (Å²) < 4.78 is 0. The highest BCUT2D eigenvalue weighted by molar-refractivity contribution is 6.08. The molecule has 2 atom stereocenters. The topological polar surface area (TPSA) is 156 Å². The molecule has 0 spiro atoms. The number of aliphatic carboxylic acids is 1. The molecular weight excluding hydrogens is 456 g/mol. The number of hydrogen-bond acceptors (Lipinski definition) is 7. The Kier molecular flexibility index (Phi) is 6.67. The van der Waals surface area contributed by atoms with Crippen LogP contribution >= 0.6 is 0 Å². The number of benzene rings is 2. The van der Waals surface area contributed by atoms with Crippen LogP contribution in [0.5, 0.6) is 0 Å². The van der Waals surface area contributed by atoms with Gasteiger partial charge in [0.25, 0.3) is 11.4 Å². The minimum Gasteiger partial charge on any atom is -0.481 e. The van der Waals surface area contributed by atoms with E-state index in [2.05, 4.69) is 5.10 Å². The number of carbonyl (C=O) groups is 2. The van der Waals surface area contributed by atoms with Gasteiger partial charge in [-0.25, -0.2) is 5.01 Å². The average Bonchev–Trinajstić information content (AvgIpc) is 3.23. The fourth-order valence-electron chi connectivity index (χ4n) is 4.56. The van der Waals surface area contributed by atoms with Crippen molar-refractivity contribution in [2.45, 2.75) is 38.1 Å². The molecule has 180 valence electrons. The van der Waals surface area contributed by atoms with Crippen molar-refractivity contribution >= 4 is 35.0 Å². The minimum absolute atomic E-state index is 0.0136. The molecule has 0 unspecified atom stereocenters. The quantitative estimate of drug-likeness (QED) is 0.454. The molecular formula is C24H22N4O7. The summed E-state index contributed by atoms with van der Waals surface area (Å²) in [5, 5.41) is 37.0. The lowest BCUT2D eigenvalue weighted by Gasteiger charge is -2.29. The summed E-state index contributed by atoms with van der Waals surface area (Å²) in [6.45, 7) is 0. The first-order chi connectivity index (χ1) is 16.7. The molecule has 35 heavy (non-hydrogen) atoms. The van der Waals surface area contributed by atoms with Crippen molar-refractivity contribution in [2.24, 2.45) is 11.0 Å². The van der Waals surface area contributed by atoms with Gasteiger partial charge in [0, 0.05) is 36.6 Å². The third-order valence-corrected chi connectivity index (χ3v) is 6.20. The summed E-state index contributed by atoms with van der Waals surface area (Å²) in [7, 11) is 0. The number of rotatable bonds is 7. The highest BCUT2D eigenvalue weighted by Gasteiger charge is 2.43. The van der Waals surface area contributed by atoms with Crippen molar-refractivity contribution < 1.29 is 24.5 Å². The second-order valence-electron chi connectivity index (χ2n) is 8.43. The largest absolute Gasteiger partial charge is 0.481 e. The number of fused-ring (bicyclic) bond motifs is 1. The molecule has 11 nitrogen and oxygen atoms in total. The van der Waals surface area contributed by atoms with Crippen molar-refractivity contribution in [1.29, 1.82) is 0 Å². The van der Waals surface area contributed by atoms with Gasteiger partial charge in [-0.1, -0.05) is 12.1 Å². The smallest absolute Gasteiger partial charge is 0.303 e. The first-order valence-corrected chi connectivity index (χ1v) is 11.1. The fraction of sp³-hybridized carbons (Fsp3) is 0.292. The molecule has 0 aromatic heterocycles. The van der Waals surface area contributed by atoms with Crippen LogP contribution in [0.2, 0.25) is 0 Å². The van der Waals surface area contributed by atoms with Gasteiger partial charge in [0.05, 0.1) is 28.0 Å². The van der Waals surface area contributed by atoms with E-state index in [4.69, 9.17) is 5.11 Å². The molecule has 1 amide bonds. The van der Waals surface area contributed by atoms with Crippen molar-refractivity contribution in [3.8, 4) is 0 Å². The Labute approximate surface area is 199 Å². The Morgan fingerprint density at radius 2 is 1.60 bits per heavy atom. The van der Waals surface area contributed by atoms with Gasteiger partial charge in [-0.3, -0.25) is 29.8 Å².